The number of benzene rings is 1. The summed E-state index contributed by atoms with van der Waals surface area (Å²) >= 11 is 0. The molecule has 2 heterocycles. The quantitative estimate of drug-likeness (QED) is 0.776. The topological polar surface area (TPSA) is 100 Å². The van der Waals surface area contributed by atoms with E-state index in [1.165, 1.54) is 12.8 Å². The molecule has 3 amide bonds. The van der Waals surface area contributed by atoms with Crippen LogP contribution in [0.4, 0.5) is 16.3 Å². The fourth-order valence-corrected chi connectivity index (χ4v) is 2.74. The number of primary amides is 1. The van der Waals surface area contributed by atoms with Gasteiger partial charge in [-0.1, -0.05) is 12.1 Å². The van der Waals surface area contributed by atoms with Gasteiger partial charge >= 0.3 is 6.03 Å². The fourth-order valence-electron chi connectivity index (χ4n) is 2.74. The highest BCUT2D eigenvalue weighted by Gasteiger charge is 2.13. The van der Waals surface area contributed by atoms with E-state index in [0.29, 0.717) is 17.8 Å². The Balaban J connectivity index is 1.49. The van der Waals surface area contributed by atoms with Crippen LogP contribution in [0.2, 0.25) is 0 Å². The third kappa shape index (κ3) is 4.47. The molecule has 7 heteroatoms. The number of rotatable bonds is 5. The molecule has 0 bridgehead atoms. The van der Waals surface area contributed by atoms with Gasteiger partial charge in [0.2, 0.25) is 5.91 Å². The number of anilines is 2. The van der Waals surface area contributed by atoms with E-state index in [1.54, 1.807) is 30.5 Å². The number of pyridine rings is 1. The lowest BCUT2D eigenvalue weighted by molar-refractivity contribution is 0.1000. The van der Waals surface area contributed by atoms with E-state index < -0.39 is 5.91 Å². The lowest BCUT2D eigenvalue weighted by Gasteiger charge is -2.16. The van der Waals surface area contributed by atoms with E-state index in [0.717, 1.165) is 24.5 Å². The third-order valence-corrected chi connectivity index (χ3v) is 4.13. The second kappa shape index (κ2) is 7.65. The van der Waals surface area contributed by atoms with Crippen molar-refractivity contribution in [1.82, 2.24) is 10.3 Å². The van der Waals surface area contributed by atoms with Crippen molar-refractivity contribution in [3.05, 3.63) is 53.7 Å². The maximum atomic E-state index is 12.0. The Hall–Kier alpha value is -3.09. The molecule has 1 aliphatic heterocycles. The molecule has 2 aromatic rings. The molecule has 0 atom stereocenters. The third-order valence-electron chi connectivity index (χ3n) is 4.13. The predicted octanol–water partition coefficient (Wildman–Crippen LogP) is 2.10. The van der Waals surface area contributed by atoms with Crippen LogP contribution < -0.4 is 21.3 Å². The minimum absolute atomic E-state index is 0.310. The van der Waals surface area contributed by atoms with Gasteiger partial charge in [0, 0.05) is 25.2 Å². The van der Waals surface area contributed by atoms with Gasteiger partial charge < -0.3 is 21.3 Å². The van der Waals surface area contributed by atoms with E-state index in [1.807, 2.05) is 12.1 Å². The molecule has 4 N–H and O–H groups in total. The molecule has 0 radical (unpaired) electrons. The number of carbonyl (C=O) groups excluding carboxylic acids is 2. The van der Waals surface area contributed by atoms with Crippen LogP contribution in [0, 0.1) is 0 Å². The first-order chi connectivity index (χ1) is 12.1. The minimum Gasteiger partial charge on any atom is -0.366 e. The summed E-state index contributed by atoms with van der Waals surface area (Å²) in [6.45, 7) is 2.42. The van der Waals surface area contributed by atoms with E-state index in [2.05, 4.69) is 20.5 Å². The van der Waals surface area contributed by atoms with Crippen molar-refractivity contribution in [2.75, 3.05) is 23.3 Å². The number of nitrogens with two attached hydrogens (primary N) is 1. The van der Waals surface area contributed by atoms with Crippen LogP contribution in [0.3, 0.4) is 0 Å². The standard InChI is InChI=1S/C18H21N5O2/c19-17(24)14-5-3-13(4-6-14)11-21-18(25)22-15-7-8-16(20-12-15)23-9-1-2-10-23/h3-8,12H,1-2,9-11H2,(H2,19,24)(H2,21,22,25). The number of carbonyl (C=O) groups is 2. The maximum Gasteiger partial charge on any atom is 0.319 e. The zero-order valence-corrected chi connectivity index (χ0v) is 13.9. The summed E-state index contributed by atoms with van der Waals surface area (Å²) in [5.41, 5.74) is 7.16. The molecular weight excluding hydrogens is 318 g/mol. The van der Waals surface area contributed by atoms with Crippen LogP contribution >= 0.6 is 0 Å². The SMILES string of the molecule is NC(=O)c1ccc(CNC(=O)Nc2ccc(N3CCCC3)nc2)cc1. The van der Waals surface area contributed by atoms with Gasteiger partial charge in [-0.3, -0.25) is 4.79 Å². The fraction of sp³-hybridized carbons (Fsp3) is 0.278. The molecule has 0 spiro atoms. The molecule has 1 saturated heterocycles. The van der Waals surface area contributed by atoms with E-state index in [4.69, 9.17) is 5.73 Å². The first-order valence-electron chi connectivity index (χ1n) is 8.26. The molecule has 1 fully saturated rings. The van der Waals surface area contributed by atoms with Crippen LogP contribution in [0.5, 0.6) is 0 Å². The highest BCUT2D eigenvalue weighted by atomic mass is 16.2. The van der Waals surface area contributed by atoms with E-state index in [-0.39, 0.29) is 6.03 Å². The van der Waals surface area contributed by atoms with E-state index in [9.17, 15) is 9.59 Å². The summed E-state index contributed by atoms with van der Waals surface area (Å²) in [6, 6.07) is 10.2. The van der Waals surface area contributed by atoms with Crippen LogP contribution in [0.1, 0.15) is 28.8 Å². The largest absolute Gasteiger partial charge is 0.366 e. The lowest BCUT2D eigenvalue weighted by atomic mass is 10.1. The van der Waals surface area contributed by atoms with E-state index >= 15 is 0 Å². The Morgan fingerprint density at radius 2 is 1.80 bits per heavy atom. The predicted molar refractivity (Wildman–Crippen MR) is 96.5 cm³/mol. The average Bonchev–Trinajstić information content (AvgIpc) is 3.15. The van der Waals surface area contributed by atoms with Crippen LogP contribution in [-0.4, -0.2) is 30.0 Å². The highest BCUT2D eigenvalue weighted by Crippen LogP contribution is 2.18. The molecule has 3 rings (SSSR count). The van der Waals surface area contributed by atoms with Crippen molar-refractivity contribution >= 4 is 23.4 Å². The van der Waals surface area contributed by atoms with Gasteiger partial charge in [-0.25, -0.2) is 9.78 Å². The number of nitrogens with zero attached hydrogens (tertiary/aromatic N) is 2. The van der Waals surface area contributed by atoms with Crippen LogP contribution in [-0.2, 0) is 6.54 Å². The second-order valence-corrected chi connectivity index (χ2v) is 5.97. The number of aromatic nitrogens is 1. The number of nitrogens with one attached hydrogen (secondary N) is 2. The number of urea groups is 1. The Morgan fingerprint density at radius 3 is 2.40 bits per heavy atom. The minimum atomic E-state index is -0.470. The normalized spacial score (nSPS) is 13.5. The highest BCUT2D eigenvalue weighted by molar-refractivity contribution is 5.92. The van der Waals surface area contributed by atoms with Crippen molar-refractivity contribution in [3.63, 3.8) is 0 Å². The Labute approximate surface area is 146 Å². The first kappa shape index (κ1) is 16.8. The first-order valence-corrected chi connectivity index (χ1v) is 8.26. The monoisotopic (exact) mass is 339 g/mol. The molecule has 130 valence electrons. The molecule has 0 saturated carbocycles. The maximum absolute atomic E-state index is 12.0. The van der Waals surface area contributed by atoms with Gasteiger partial charge in [0.05, 0.1) is 11.9 Å². The van der Waals surface area contributed by atoms with Crippen LogP contribution in [0.25, 0.3) is 0 Å². The summed E-state index contributed by atoms with van der Waals surface area (Å²) in [5.74, 6) is 0.472. The van der Waals surface area contributed by atoms with Gasteiger partial charge in [-0.15, -0.1) is 0 Å². The zero-order valence-electron chi connectivity index (χ0n) is 13.9. The Bertz CT molecular complexity index is 737. The Morgan fingerprint density at radius 1 is 1.08 bits per heavy atom. The van der Waals surface area contributed by atoms with Crippen molar-refractivity contribution < 1.29 is 9.59 Å². The summed E-state index contributed by atoms with van der Waals surface area (Å²) < 4.78 is 0. The molecule has 0 unspecified atom stereocenters. The summed E-state index contributed by atoms with van der Waals surface area (Å²) in [5, 5.41) is 5.52. The van der Waals surface area contributed by atoms with Crippen molar-refractivity contribution in [2.45, 2.75) is 19.4 Å². The Kier molecular flexibility index (Phi) is 5.13. The van der Waals surface area contributed by atoms with Gasteiger partial charge in [0.25, 0.3) is 0 Å². The lowest BCUT2D eigenvalue weighted by Crippen LogP contribution is -2.28. The van der Waals surface area contributed by atoms with Gasteiger partial charge in [0.1, 0.15) is 5.82 Å². The molecule has 1 aromatic carbocycles. The molecule has 0 aliphatic carbocycles. The van der Waals surface area contributed by atoms with Crippen molar-refractivity contribution in [3.8, 4) is 0 Å². The summed E-state index contributed by atoms with van der Waals surface area (Å²) in [6.07, 6.45) is 4.06. The van der Waals surface area contributed by atoms with Crippen molar-refractivity contribution in [1.29, 1.82) is 0 Å². The number of amides is 3. The van der Waals surface area contributed by atoms with Crippen molar-refractivity contribution in [2.24, 2.45) is 5.73 Å². The summed E-state index contributed by atoms with van der Waals surface area (Å²) in [4.78, 5) is 29.6. The average molecular weight is 339 g/mol. The van der Waals surface area contributed by atoms with Crippen LogP contribution in [0.15, 0.2) is 42.6 Å². The summed E-state index contributed by atoms with van der Waals surface area (Å²) in [7, 11) is 0. The number of hydrogen-bond donors (Lipinski definition) is 3. The molecular formula is C18H21N5O2. The van der Waals surface area contributed by atoms with Gasteiger partial charge in [-0.2, -0.15) is 0 Å². The van der Waals surface area contributed by atoms with Gasteiger partial charge in [0.15, 0.2) is 0 Å². The molecule has 25 heavy (non-hydrogen) atoms. The zero-order chi connectivity index (χ0) is 17.6. The molecule has 7 nitrogen and oxygen atoms in total. The van der Waals surface area contributed by atoms with Gasteiger partial charge in [-0.05, 0) is 42.7 Å². The molecule has 1 aliphatic rings. The molecule has 1 aromatic heterocycles. The second-order valence-electron chi connectivity index (χ2n) is 5.97. The number of hydrogen-bond acceptors (Lipinski definition) is 4. The smallest absolute Gasteiger partial charge is 0.319 e.